The topological polar surface area (TPSA) is 73.2 Å². The summed E-state index contributed by atoms with van der Waals surface area (Å²) >= 11 is 0. The first-order valence-corrected chi connectivity index (χ1v) is 15.7. The number of carboxylic acid groups (broad SMARTS) is 1. The van der Waals surface area contributed by atoms with E-state index in [2.05, 4.69) is 37.5 Å². The molecule has 1 aromatic carbocycles. The number of carbonyl (C=O) groups excluding carboxylic acids is 1. The molecule has 218 valence electrons. The molecule has 2 fully saturated rings. The van der Waals surface area contributed by atoms with Gasteiger partial charge in [0.1, 0.15) is 5.66 Å². The molecule has 0 bridgehead atoms. The first-order chi connectivity index (χ1) is 18.7. The summed E-state index contributed by atoms with van der Waals surface area (Å²) in [7, 11) is 0. The van der Waals surface area contributed by atoms with Gasteiger partial charge in [0, 0.05) is 13.1 Å². The van der Waals surface area contributed by atoms with Gasteiger partial charge in [-0.25, -0.2) is 4.99 Å². The molecule has 1 aliphatic carbocycles. The number of amidine groups is 1. The third kappa shape index (κ3) is 7.05. The normalized spacial score (nSPS) is 24.3. The molecule has 1 saturated heterocycles. The van der Waals surface area contributed by atoms with Gasteiger partial charge in [0.05, 0.1) is 12.5 Å². The summed E-state index contributed by atoms with van der Waals surface area (Å²) in [6.07, 6.45) is 11.7. The molecule has 2 heterocycles. The number of unbranched alkanes of at least 4 members (excludes halogenated alkanes) is 1. The molecule has 1 amide bonds. The first-order valence-electron chi connectivity index (χ1n) is 15.7. The lowest BCUT2D eigenvalue weighted by molar-refractivity contribution is -0.136. The van der Waals surface area contributed by atoms with Crippen molar-refractivity contribution in [1.29, 1.82) is 0 Å². The van der Waals surface area contributed by atoms with Crippen molar-refractivity contribution in [1.82, 2.24) is 9.80 Å². The third-order valence-electron chi connectivity index (χ3n) is 9.49. The van der Waals surface area contributed by atoms with Crippen molar-refractivity contribution in [3.63, 3.8) is 0 Å². The Balaban J connectivity index is 0.00000205. The highest BCUT2D eigenvalue weighted by Gasteiger charge is 2.53. The minimum atomic E-state index is -0.824. The van der Waals surface area contributed by atoms with Crippen molar-refractivity contribution in [3.05, 3.63) is 35.4 Å². The van der Waals surface area contributed by atoms with Gasteiger partial charge in [-0.15, -0.1) is 0 Å². The molecule has 39 heavy (non-hydrogen) atoms. The number of likely N-dealkylation sites (tertiary alicyclic amines) is 1. The minimum absolute atomic E-state index is 0.0172. The van der Waals surface area contributed by atoms with Gasteiger partial charge >= 0.3 is 5.97 Å². The summed E-state index contributed by atoms with van der Waals surface area (Å²) in [6, 6.07) is 7.88. The first kappa shape index (κ1) is 31.2. The highest BCUT2D eigenvalue weighted by atomic mass is 16.4. The Hall–Kier alpha value is -2.37. The number of benzene rings is 1. The van der Waals surface area contributed by atoms with Gasteiger partial charge in [0.15, 0.2) is 5.84 Å². The van der Waals surface area contributed by atoms with E-state index >= 15 is 0 Å². The van der Waals surface area contributed by atoms with Crippen LogP contribution in [0.4, 0.5) is 0 Å². The highest BCUT2D eigenvalue weighted by molar-refractivity contribution is 6.39. The SMILES string of the molecule is CC.CCCCC(c1ccc(CC(=O)O)cc1)N1C(=O)C(N2CCCCC2)=NC12CCC(C(C)(C)CC)CC2. The van der Waals surface area contributed by atoms with Crippen LogP contribution in [0.1, 0.15) is 129 Å². The predicted molar refractivity (Wildman–Crippen MR) is 160 cm³/mol. The van der Waals surface area contributed by atoms with E-state index in [1.54, 1.807) is 0 Å². The van der Waals surface area contributed by atoms with E-state index in [1.165, 1.54) is 6.42 Å². The number of carbonyl (C=O) groups is 2. The summed E-state index contributed by atoms with van der Waals surface area (Å²) in [6.45, 7) is 15.1. The maximum atomic E-state index is 14.3. The molecule has 0 radical (unpaired) electrons. The lowest BCUT2D eigenvalue weighted by Gasteiger charge is -2.48. The van der Waals surface area contributed by atoms with E-state index in [0.717, 1.165) is 88.4 Å². The zero-order valence-electron chi connectivity index (χ0n) is 25.5. The molecular weight excluding hydrogens is 486 g/mol. The molecule has 1 unspecified atom stereocenters. The molecule has 1 atom stereocenters. The summed E-state index contributed by atoms with van der Waals surface area (Å²) in [5.74, 6) is 0.622. The van der Waals surface area contributed by atoms with Crippen LogP contribution in [0.15, 0.2) is 29.3 Å². The van der Waals surface area contributed by atoms with Crippen molar-refractivity contribution in [2.75, 3.05) is 13.1 Å². The van der Waals surface area contributed by atoms with Gasteiger partial charge in [-0.3, -0.25) is 9.59 Å². The summed E-state index contributed by atoms with van der Waals surface area (Å²) in [4.78, 5) is 35.3. The lowest BCUT2D eigenvalue weighted by Crippen LogP contribution is -2.52. The molecule has 6 heteroatoms. The second kappa shape index (κ2) is 13.8. The van der Waals surface area contributed by atoms with Crippen LogP contribution in [-0.4, -0.2) is 51.4 Å². The van der Waals surface area contributed by atoms with E-state index in [9.17, 15) is 14.7 Å². The van der Waals surface area contributed by atoms with Crippen molar-refractivity contribution in [3.8, 4) is 0 Å². The van der Waals surface area contributed by atoms with Crippen molar-refractivity contribution >= 4 is 17.7 Å². The van der Waals surface area contributed by atoms with Crippen molar-refractivity contribution in [2.24, 2.45) is 16.3 Å². The zero-order chi connectivity index (χ0) is 28.6. The zero-order valence-corrected chi connectivity index (χ0v) is 25.5. The fourth-order valence-electron chi connectivity index (χ4n) is 6.72. The molecule has 3 aliphatic rings. The number of rotatable bonds is 9. The molecule has 6 nitrogen and oxygen atoms in total. The Kier molecular flexibility index (Phi) is 11.0. The van der Waals surface area contributed by atoms with Crippen LogP contribution in [0.3, 0.4) is 0 Å². The average Bonchev–Trinajstić information content (AvgIpc) is 3.22. The molecule has 0 aromatic heterocycles. The number of nitrogens with zero attached hydrogens (tertiary/aromatic N) is 3. The van der Waals surface area contributed by atoms with Gasteiger partial charge in [0.2, 0.25) is 0 Å². The highest BCUT2D eigenvalue weighted by Crippen LogP contribution is 2.50. The number of hydrogen-bond acceptors (Lipinski definition) is 4. The lowest BCUT2D eigenvalue weighted by atomic mass is 9.67. The molecule has 1 N–H and O–H groups in total. The fourth-order valence-corrected chi connectivity index (χ4v) is 6.72. The second-order valence-corrected chi connectivity index (χ2v) is 12.2. The van der Waals surface area contributed by atoms with Crippen molar-refractivity contribution in [2.45, 2.75) is 130 Å². The van der Waals surface area contributed by atoms with E-state index in [0.29, 0.717) is 17.2 Å². The summed E-state index contributed by atoms with van der Waals surface area (Å²) in [5.41, 5.74) is 1.72. The molecular formula is C33H53N3O3. The number of amides is 1. The monoisotopic (exact) mass is 539 g/mol. The van der Waals surface area contributed by atoms with E-state index in [-0.39, 0.29) is 18.4 Å². The number of aliphatic carboxylic acids is 1. The van der Waals surface area contributed by atoms with Crippen LogP contribution in [0.2, 0.25) is 0 Å². The van der Waals surface area contributed by atoms with Gasteiger partial charge in [0.25, 0.3) is 5.91 Å². The van der Waals surface area contributed by atoms with Crippen molar-refractivity contribution < 1.29 is 14.7 Å². The largest absolute Gasteiger partial charge is 0.481 e. The van der Waals surface area contributed by atoms with E-state index in [4.69, 9.17) is 4.99 Å². The van der Waals surface area contributed by atoms with E-state index in [1.807, 2.05) is 38.1 Å². The van der Waals surface area contributed by atoms with Crippen LogP contribution >= 0.6 is 0 Å². The number of carboxylic acids is 1. The number of aliphatic imine (C=N–C) groups is 1. The van der Waals surface area contributed by atoms with Crippen LogP contribution in [0, 0.1) is 11.3 Å². The maximum Gasteiger partial charge on any atom is 0.307 e. The van der Waals surface area contributed by atoms with E-state index < -0.39 is 11.6 Å². The quantitative estimate of drug-likeness (QED) is 0.350. The van der Waals surface area contributed by atoms with Crippen LogP contribution in [0.25, 0.3) is 0 Å². The fraction of sp³-hybridized carbons (Fsp3) is 0.727. The maximum absolute atomic E-state index is 14.3. The summed E-state index contributed by atoms with van der Waals surface area (Å²) in [5, 5.41) is 9.21. The number of piperidine rings is 1. The molecule has 1 spiro atoms. The van der Waals surface area contributed by atoms with Crippen LogP contribution < -0.4 is 0 Å². The standard InChI is InChI=1S/C31H47N3O3.C2H6/c1-5-7-11-26(24-14-12-23(13-15-24)22-27(35)36)34-29(37)28(33-20-9-8-10-21-33)32-31(34)18-16-25(17-19-31)30(3,4)6-2;1-2/h12-15,25-26H,5-11,16-22H2,1-4H3,(H,35,36);1-2H3. The molecule has 2 aliphatic heterocycles. The van der Waals surface area contributed by atoms with Gasteiger partial charge in [-0.1, -0.05) is 85.1 Å². The smallest absolute Gasteiger partial charge is 0.307 e. The van der Waals surface area contributed by atoms with Gasteiger partial charge in [-0.05, 0) is 73.8 Å². The van der Waals surface area contributed by atoms with Crippen LogP contribution in [-0.2, 0) is 16.0 Å². The molecule has 1 saturated carbocycles. The Morgan fingerprint density at radius 3 is 2.23 bits per heavy atom. The minimum Gasteiger partial charge on any atom is -0.481 e. The van der Waals surface area contributed by atoms with Gasteiger partial charge in [-0.2, -0.15) is 0 Å². The average molecular weight is 540 g/mol. The predicted octanol–water partition coefficient (Wildman–Crippen LogP) is 7.62. The molecule has 4 rings (SSSR count). The molecule has 1 aromatic rings. The Morgan fingerprint density at radius 2 is 1.69 bits per heavy atom. The Morgan fingerprint density at radius 1 is 1.08 bits per heavy atom. The third-order valence-corrected chi connectivity index (χ3v) is 9.49. The van der Waals surface area contributed by atoms with Gasteiger partial charge < -0.3 is 14.9 Å². The van der Waals surface area contributed by atoms with Crippen LogP contribution in [0.5, 0.6) is 0 Å². The Bertz CT molecular complexity index is 970. The Labute approximate surface area is 237 Å². The number of hydrogen-bond donors (Lipinski definition) is 1. The summed E-state index contributed by atoms with van der Waals surface area (Å²) < 4.78 is 0. The second-order valence-electron chi connectivity index (χ2n) is 12.2.